The highest BCUT2D eigenvalue weighted by molar-refractivity contribution is 5.95. The number of hydrogen-bond donors (Lipinski definition) is 4. The molecule has 0 amide bonds. The lowest BCUT2D eigenvalue weighted by atomic mass is 9.44. The molecule has 0 aliphatic heterocycles. The van der Waals surface area contributed by atoms with E-state index in [2.05, 4.69) is 27.7 Å². The van der Waals surface area contributed by atoms with E-state index >= 15 is 0 Å². The number of aliphatic hydroxyl groups excluding tert-OH is 3. The summed E-state index contributed by atoms with van der Waals surface area (Å²) in [5, 5.41) is 47.2. The summed E-state index contributed by atoms with van der Waals surface area (Å²) in [6.45, 7) is 9.23. The van der Waals surface area contributed by atoms with E-state index in [0.717, 1.165) is 31.3 Å². The van der Waals surface area contributed by atoms with Gasteiger partial charge in [-0.05, 0) is 148 Å². The van der Waals surface area contributed by atoms with E-state index in [0.29, 0.717) is 42.4 Å². The zero-order chi connectivity index (χ0) is 33.5. The SMILES string of the molecule is CC(C)C1=C2CCCC3(CCCC3)[C@H]2C2=C3[C@H](CCC2)C[C@@H]([C@H]2CC[C@@]4(O)C5=CC(=O)[C@@H]6C[C@@H](O)[C@@H](O)C[C@]6(C)[C@H]5CC[C@]24C)[C@H](O)[C@@H]13. The van der Waals surface area contributed by atoms with Gasteiger partial charge < -0.3 is 20.4 Å². The number of aliphatic hydroxyl groups is 4. The summed E-state index contributed by atoms with van der Waals surface area (Å²) >= 11 is 0. The second-order valence-electron chi connectivity index (χ2n) is 19.6. The second kappa shape index (κ2) is 10.9. The van der Waals surface area contributed by atoms with E-state index in [1.54, 1.807) is 28.4 Å². The zero-order valence-corrected chi connectivity index (χ0v) is 30.1. The van der Waals surface area contributed by atoms with Gasteiger partial charge in [-0.2, -0.15) is 0 Å². The summed E-state index contributed by atoms with van der Waals surface area (Å²) in [5.41, 5.74) is 6.24. The first-order valence-electron chi connectivity index (χ1n) is 20.3. The lowest BCUT2D eigenvalue weighted by Gasteiger charge is -2.61. The summed E-state index contributed by atoms with van der Waals surface area (Å²) in [6, 6.07) is 0. The van der Waals surface area contributed by atoms with Gasteiger partial charge in [-0.3, -0.25) is 4.79 Å². The molecule has 6 saturated carbocycles. The van der Waals surface area contributed by atoms with Crippen LogP contribution in [0.2, 0.25) is 0 Å². The largest absolute Gasteiger partial charge is 0.392 e. The van der Waals surface area contributed by atoms with E-state index in [4.69, 9.17) is 0 Å². The molecule has 5 heteroatoms. The van der Waals surface area contributed by atoms with Crippen molar-refractivity contribution in [2.45, 2.75) is 161 Å². The molecule has 0 saturated heterocycles. The first kappa shape index (κ1) is 32.6. The molecule has 48 heavy (non-hydrogen) atoms. The molecule has 0 aromatic carbocycles. The van der Waals surface area contributed by atoms with Gasteiger partial charge in [0.05, 0.1) is 23.9 Å². The van der Waals surface area contributed by atoms with Crippen molar-refractivity contribution in [1.82, 2.24) is 0 Å². The molecular formula is C43H62O5. The van der Waals surface area contributed by atoms with Crippen molar-refractivity contribution in [3.05, 3.63) is 33.9 Å². The Morgan fingerprint density at radius 1 is 0.812 bits per heavy atom. The highest BCUT2D eigenvalue weighted by Crippen LogP contribution is 2.71. The van der Waals surface area contributed by atoms with Gasteiger partial charge >= 0.3 is 0 Å². The normalized spacial score (nSPS) is 50.9. The maximum atomic E-state index is 13.8. The number of ketones is 1. The van der Waals surface area contributed by atoms with Crippen LogP contribution in [0.25, 0.3) is 0 Å². The van der Waals surface area contributed by atoms with E-state index in [-0.39, 0.29) is 35.4 Å². The minimum absolute atomic E-state index is 0.0236. The molecule has 0 heterocycles. The maximum Gasteiger partial charge on any atom is 0.159 e. The van der Waals surface area contributed by atoms with E-state index in [1.165, 1.54) is 64.2 Å². The average molecular weight is 659 g/mol. The van der Waals surface area contributed by atoms with Gasteiger partial charge in [0.15, 0.2) is 5.78 Å². The van der Waals surface area contributed by atoms with Crippen LogP contribution in [0.4, 0.5) is 0 Å². The van der Waals surface area contributed by atoms with Crippen molar-refractivity contribution in [3.63, 3.8) is 0 Å². The van der Waals surface area contributed by atoms with Crippen molar-refractivity contribution in [2.24, 2.45) is 63.6 Å². The Morgan fingerprint density at radius 3 is 2.29 bits per heavy atom. The maximum absolute atomic E-state index is 13.8. The van der Waals surface area contributed by atoms with Crippen molar-refractivity contribution in [3.8, 4) is 0 Å². The van der Waals surface area contributed by atoms with Gasteiger partial charge in [-0.1, -0.05) is 62.8 Å². The summed E-state index contributed by atoms with van der Waals surface area (Å²) in [4.78, 5) is 13.8. The van der Waals surface area contributed by atoms with Crippen molar-refractivity contribution >= 4 is 5.78 Å². The number of allylic oxidation sites excluding steroid dienone is 3. The van der Waals surface area contributed by atoms with Crippen LogP contribution >= 0.6 is 0 Å². The van der Waals surface area contributed by atoms with Gasteiger partial charge in [0.25, 0.3) is 0 Å². The molecule has 1 spiro atoms. The number of fused-ring (bicyclic) bond motifs is 8. The number of carbonyl (C=O) groups excluding carboxylic acids is 1. The van der Waals surface area contributed by atoms with E-state index in [1.807, 2.05) is 0 Å². The van der Waals surface area contributed by atoms with Gasteiger partial charge in [0, 0.05) is 23.2 Å². The lowest BCUT2D eigenvalue weighted by molar-refractivity contribution is -0.156. The van der Waals surface area contributed by atoms with Gasteiger partial charge in [0.2, 0.25) is 0 Å². The Balaban J connectivity index is 1.09. The third-order valence-corrected chi connectivity index (χ3v) is 17.5. The van der Waals surface area contributed by atoms with Crippen LogP contribution in [0.1, 0.15) is 137 Å². The van der Waals surface area contributed by atoms with Gasteiger partial charge in [-0.25, -0.2) is 0 Å². The van der Waals surface area contributed by atoms with Crippen LogP contribution < -0.4 is 0 Å². The predicted octanol–water partition coefficient (Wildman–Crippen LogP) is 7.61. The second-order valence-corrected chi connectivity index (χ2v) is 19.6. The molecular weight excluding hydrogens is 596 g/mol. The highest BCUT2D eigenvalue weighted by Gasteiger charge is 2.68. The Morgan fingerprint density at radius 2 is 1.54 bits per heavy atom. The smallest absolute Gasteiger partial charge is 0.159 e. The van der Waals surface area contributed by atoms with Crippen molar-refractivity contribution < 1.29 is 25.2 Å². The molecule has 9 aliphatic rings. The Hall–Kier alpha value is -1.27. The fourth-order valence-electron chi connectivity index (χ4n) is 15.6. The molecule has 13 atom stereocenters. The van der Waals surface area contributed by atoms with Crippen molar-refractivity contribution in [2.75, 3.05) is 0 Å². The summed E-state index contributed by atoms with van der Waals surface area (Å²) in [5.74, 6) is 1.85. The fourth-order valence-corrected chi connectivity index (χ4v) is 15.6. The standard InChI is InChI=1S/C43H62O5/c1-23(2)35-25-11-8-16-42(14-5-6-15-42)38(25)26-10-7-9-24-19-27(39(47)37(35)36(24)26)28-13-18-43(48)30-20-32(44)31-21-33(45)34(46)22-40(31,3)29(30)12-17-41(28,43)4/h20,23-24,27-29,31,33-34,37-39,45-48H,5-19,21-22H2,1-4H3/t24-,27+,28-,29+,31+,33-,34+,37+,38-,39+,40-,41-,43-/m1/s1. The van der Waals surface area contributed by atoms with Gasteiger partial charge in [0.1, 0.15) is 0 Å². The third-order valence-electron chi connectivity index (χ3n) is 17.5. The summed E-state index contributed by atoms with van der Waals surface area (Å²) < 4.78 is 0. The molecule has 0 aromatic heterocycles. The van der Waals surface area contributed by atoms with Crippen LogP contribution in [-0.2, 0) is 4.79 Å². The molecule has 9 rings (SSSR count). The molecule has 9 aliphatic carbocycles. The zero-order valence-electron chi connectivity index (χ0n) is 30.1. The third kappa shape index (κ3) is 4.08. The molecule has 5 nitrogen and oxygen atoms in total. The minimum Gasteiger partial charge on any atom is -0.392 e. The molecule has 6 fully saturated rings. The molecule has 0 bridgehead atoms. The Kier molecular flexibility index (Phi) is 7.39. The predicted molar refractivity (Wildman–Crippen MR) is 187 cm³/mol. The molecule has 0 unspecified atom stereocenters. The highest BCUT2D eigenvalue weighted by atomic mass is 16.3. The number of carbonyl (C=O) groups is 1. The lowest BCUT2D eigenvalue weighted by Crippen LogP contribution is -2.61. The number of hydrogen-bond acceptors (Lipinski definition) is 5. The van der Waals surface area contributed by atoms with Gasteiger partial charge in [-0.15, -0.1) is 0 Å². The minimum atomic E-state index is -1.08. The molecule has 0 aromatic rings. The molecule has 264 valence electrons. The van der Waals surface area contributed by atoms with Crippen LogP contribution in [0, 0.1) is 63.6 Å². The van der Waals surface area contributed by atoms with Crippen LogP contribution in [-0.4, -0.2) is 50.1 Å². The van der Waals surface area contributed by atoms with Crippen LogP contribution in [0.5, 0.6) is 0 Å². The summed E-state index contributed by atoms with van der Waals surface area (Å²) in [7, 11) is 0. The Labute approximate surface area is 288 Å². The first-order chi connectivity index (χ1) is 22.8. The fraction of sp³-hybridized carbons (Fsp3) is 0.837. The average Bonchev–Trinajstić information content (AvgIpc) is 3.62. The Bertz CT molecular complexity index is 1470. The van der Waals surface area contributed by atoms with E-state index in [9.17, 15) is 25.2 Å². The summed E-state index contributed by atoms with van der Waals surface area (Å²) in [6.07, 6.45) is 17.9. The van der Waals surface area contributed by atoms with Crippen LogP contribution in [0.3, 0.4) is 0 Å². The van der Waals surface area contributed by atoms with Crippen molar-refractivity contribution in [1.29, 1.82) is 0 Å². The quantitative estimate of drug-likeness (QED) is 0.229. The van der Waals surface area contributed by atoms with E-state index < -0.39 is 34.7 Å². The molecule has 4 N–H and O–H groups in total. The molecule has 0 radical (unpaired) electrons. The topological polar surface area (TPSA) is 98.0 Å². The van der Waals surface area contributed by atoms with Crippen LogP contribution in [0.15, 0.2) is 33.9 Å². The first-order valence-corrected chi connectivity index (χ1v) is 20.3. The number of rotatable bonds is 2. The monoisotopic (exact) mass is 658 g/mol.